The van der Waals surface area contributed by atoms with Crippen LogP contribution in [0, 0.1) is 0 Å². The molecule has 1 aromatic heterocycles. The number of nitrogens with zero attached hydrogens (tertiary/aromatic N) is 2. The number of aromatic nitrogens is 2. The molecule has 1 aromatic carbocycles. The highest BCUT2D eigenvalue weighted by Gasteiger charge is 2.06. The maximum atomic E-state index is 5.31. The standard InChI is InChI=1S/C17H24N4O2/c1-5-12(2)20-16-8-9-18-17(21-16)19-11-13-6-7-14(22-3)15(10-13)23-4/h6-10,12H,5,11H2,1-4H3,(H2,18,19,20,21). The second-order valence-electron chi connectivity index (χ2n) is 5.26. The lowest BCUT2D eigenvalue weighted by atomic mass is 10.2. The summed E-state index contributed by atoms with van der Waals surface area (Å²) in [4.78, 5) is 8.71. The summed E-state index contributed by atoms with van der Waals surface area (Å²) >= 11 is 0. The van der Waals surface area contributed by atoms with Crippen molar-refractivity contribution in [2.45, 2.75) is 32.9 Å². The molecule has 2 N–H and O–H groups in total. The van der Waals surface area contributed by atoms with Gasteiger partial charge in [-0.3, -0.25) is 0 Å². The Morgan fingerprint density at radius 3 is 2.61 bits per heavy atom. The summed E-state index contributed by atoms with van der Waals surface area (Å²) in [7, 11) is 3.25. The molecule has 0 saturated carbocycles. The number of ether oxygens (including phenoxy) is 2. The largest absolute Gasteiger partial charge is 0.493 e. The first kappa shape index (κ1) is 16.9. The van der Waals surface area contributed by atoms with Crippen LogP contribution in [0.15, 0.2) is 30.5 Å². The number of methoxy groups -OCH3 is 2. The molecule has 0 bridgehead atoms. The van der Waals surface area contributed by atoms with E-state index in [1.165, 1.54) is 0 Å². The topological polar surface area (TPSA) is 68.3 Å². The van der Waals surface area contributed by atoms with Crippen molar-refractivity contribution in [1.82, 2.24) is 9.97 Å². The zero-order valence-corrected chi connectivity index (χ0v) is 14.1. The second-order valence-corrected chi connectivity index (χ2v) is 5.26. The highest BCUT2D eigenvalue weighted by Crippen LogP contribution is 2.27. The third kappa shape index (κ3) is 4.74. The summed E-state index contributed by atoms with van der Waals surface area (Å²) in [6, 6.07) is 8.05. The molecular formula is C17H24N4O2. The van der Waals surface area contributed by atoms with Crippen LogP contribution < -0.4 is 20.1 Å². The normalized spacial score (nSPS) is 11.7. The lowest BCUT2D eigenvalue weighted by Gasteiger charge is -2.13. The lowest BCUT2D eigenvalue weighted by Crippen LogP contribution is -2.15. The number of anilines is 2. The number of nitrogens with one attached hydrogen (secondary N) is 2. The van der Waals surface area contributed by atoms with Crippen LogP contribution in [0.1, 0.15) is 25.8 Å². The van der Waals surface area contributed by atoms with Crippen LogP contribution >= 0.6 is 0 Å². The van der Waals surface area contributed by atoms with Gasteiger partial charge in [0.1, 0.15) is 5.82 Å². The molecule has 0 amide bonds. The Morgan fingerprint density at radius 2 is 1.91 bits per heavy atom. The van der Waals surface area contributed by atoms with Gasteiger partial charge in [-0.1, -0.05) is 13.0 Å². The summed E-state index contributed by atoms with van der Waals surface area (Å²) in [6.45, 7) is 4.86. The van der Waals surface area contributed by atoms with E-state index in [2.05, 4.69) is 34.4 Å². The summed E-state index contributed by atoms with van der Waals surface area (Å²) in [5.41, 5.74) is 1.06. The second kappa shape index (κ2) is 8.22. The fraction of sp³-hybridized carbons (Fsp3) is 0.412. The maximum absolute atomic E-state index is 5.31. The molecule has 1 atom stereocenters. The fourth-order valence-electron chi connectivity index (χ4n) is 2.05. The molecular weight excluding hydrogens is 292 g/mol. The molecule has 0 aliphatic carbocycles. The molecule has 1 unspecified atom stereocenters. The fourth-order valence-corrected chi connectivity index (χ4v) is 2.05. The van der Waals surface area contributed by atoms with E-state index in [9.17, 15) is 0 Å². The summed E-state index contributed by atoms with van der Waals surface area (Å²) in [6.07, 6.45) is 2.78. The first-order valence-corrected chi connectivity index (χ1v) is 7.70. The molecule has 6 nitrogen and oxygen atoms in total. The van der Waals surface area contributed by atoms with Gasteiger partial charge in [-0.2, -0.15) is 4.98 Å². The highest BCUT2D eigenvalue weighted by molar-refractivity contribution is 5.44. The number of hydrogen-bond acceptors (Lipinski definition) is 6. The molecule has 6 heteroatoms. The third-order valence-corrected chi connectivity index (χ3v) is 3.56. The van der Waals surface area contributed by atoms with Crippen LogP contribution in [0.2, 0.25) is 0 Å². The Kier molecular flexibility index (Phi) is 6.02. The molecule has 0 fully saturated rings. The minimum absolute atomic E-state index is 0.378. The van der Waals surface area contributed by atoms with E-state index in [4.69, 9.17) is 9.47 Å². The minimum atomic E-state index is 0.378. The van der Waals surface area contributed by atoms with Gasteiger partial charge in [-0.15, -0.1) is 0 Å². The van der Waals surface area contributed by atoms with Crippen LogP contribution in [-0.4, -0.2) is 30.2 Å². The summed E-state index contributed by atoms with van der Waals surface area (Å²) < 4.78 is 10.5. The first-order chi connectivity index (χ1) is 11.2. The molecule has 23 heavy (non-hydrogen) atoms. The van der Waals surface area contributed by atoms with Gasteiger partial charge in [0.15, 0.2) is 11.5 Å². The minimum Gasteiger partial charge on any atom is -0.493 e. The Hall–Kier alpha value is -2.50. The van der Waals surface area contributed by atoms with E-state index in [1.54, 1.807) is 20.4 Å². The van der Waals surface area contributed by atoms with E-state index in [-0.39, 0.29) is 0 Å². The quantitative estimate of drug-likeness (QED) is 0.779. The van der Waals surface area contributed by atoms with Gasteiger partial charge in [0.25, 0.3) is 0 Å². The van der Waals surface area contributed by atoms with Crippen LogP contribution in [0.5, 0.6) is 11.5 Å². The van der Waals surface area contributed by atoms with Crippen LogP contribution in [0.3, 0.4) is 0 Å². The predicted molar refractivity (Wildman–Crippen MR) is 92.3 cm³/mol. The van der Waals surface area contributed by atoms with Gasteiger partial charge in [-0.05, 0) is 37.1 Å². The molecule has 1 heterocycles. The Bertz CT molecular complexity index is 634. The van der Waals surface area contributed by atoms with Crippen molar-refractivity contribution in [3.63, 3.8) is 0 Å². The summed E-state index contributed by atoms with van der Waals surface area (Å²) in [5.74, 6) is 2.84. The van der Waals surface area contributed by atoms with Gasteiger partial charge < -0.3 is 20.1 Å². The molecule has 0 radical (unpaired) electrons. The monoisotopic (exact) mass is 316 g/mol. The predicted octanol–water partition coefficient (Wildman–Crippen LogP) is 3.32. The number of benzene rings is 1. The van der Waals surface area contributed by atoms with Crippen molar-refractivity contribution in [2.24, 2.45) is 0 Å². The lowest BCUT2D eigenvalue weighted by molar-refractivity contribution is 0.354. The third-order valence-electron chi connectivity index (χ3n) is 3.56. The molecule has 0 saturated heterocycles. The van der Waals surface area contributed by atoms with Gasteiger partial charge in [0.05, 0.1) is 14.2 Å². The molecule has 0 aliphatic rings. The van der Waals surface area contributed by atoms with E-state index < -0.39 is 0 Å². The van der Waals surface area contributed by atoms with Gasteiger partial charge in [0.2, 0.25) is 5.95 Å². The molecule has 0 spiro atoms. The highest BCUT2D eigenvalue weighted by atomic mass is 16.5. The zero-order chi connectivity index (χ0) is 16.7. The van der Waals surface area contributed by atoms with Gasteiger partial charge in [-0.25, -0.2) is 4.98 Å². The molecule has 2 aromatic rings. The van der Waals surface area contributed by atoms with Crippen molar-refractivity contribution in [1.29, 1.82) is 0 Å². The summed E-state index contributed by atoms with van der Waals surface area (Å²) in [5, 5.41) is 6.56. The zero-order valence-electron chi connectivity index (χ0n) is 14.1. The van der Waals surface area contributed by atoms with E-state index in [0.717, 1.165) is 17.8 Å². The van der Waals surface area contributed by atoms with Crippen LogP contribution in [0.25, 0.3) is 0 Å². The van der Waals surface area contributed by atoms with Crippen molar-refractivity contribution < 1.29 is 9.47 Å². The van der Waals surface area contributed by atoms with Crippen molar-refractivity contribution >= 4 is 11.8 Å². The van der Waals surface area contributed by atoms with Crippen molar-refractivity contribution in [2.75, 3.05) is 24.9 Å². The Labute approximate surface area is 137 Å². The number of hydrogen-bond donors (Lipinski definition) is 2. The maximum Gasteiger partial charge on any atom is 0.224 e. The van der Waals surface area contributed by atoms with Gasteiger partial charge in [0, 0.05) is 18.8 Å². The smallest absolute Gasteiger partial charge is 0.224 e. The molecule has 124 valence electrons. The van der Waals surface area contributed by atoms with E-state index in [0.29, 0.717) is 30.0 Å². The van der Waals surface area contributed by atoms with E-state index >= 15 is 0 Å². The van der Waals surface area contributed by atoms with Crippen molar-refractivity contribution in [3.8, 4) is 11.5 Å². The molecule has 2 rings (SSSR count). The Morgan fingerprint density at radius 1 is 1.13 bits per heavy atom. The van der Waals surface area contributed by atoms with E-state index in [1.807, 2.05) is 24.3 Å². The molecule has 0 aliphatic heterocycles. The SMILES string of the molecule is CCC(C)Nc1ccnc(NCc2ccc(OC)c(OC)c2)n1. The average molecular weight is 316 g/mol. The van der Waals surface area contributed by atoms with Crippen LogP contribution in [-0.2, 0) is 6.54 Å². The Balaban J connectivity index is 2.02. The average Bonchev–Trinajstić information content (AvgIpc) is 2.59. The van der Waals surface area contributed by atoms with Gasteiger partial charge >= 0.3 is 0 Å². The van der Waals surface area contributed by atoms with Crippen LogP contribution in [0.4, 0.5) is 11.8 Å². The van der Waals surface area contributed by atoms with Crippen molar-refractivity contribution in [3.05, 3.63) is 36.0 Å². The number of rotatable bonds is 8. The first-order valence-electron chi connectivity index (χ1n) is 7.70.